The Kier molecular flexibility index (Phi) is 7.85. The zero-order valence-electron chi connectivity index (χ0n) is 24.4. The van der Waals surface area contributed by atoms with E-state index in [0.717, 1.165) is 24.0 Å². The molecule has 6 rings (SSSR count). The number of hydrogen-bond acceptors (Lipinski definition) is 6. The summed E-state index contributed by atoms with van der Waals surface area (Å²) in [4.78, 5) is 30.7. The van der Waals surface area contributed by atoms with Crippen LogP contribution in [0.4, 0.5) is 0 Å². The summed E-state index contributed by atoms with van der Waals surface area (Å²) in [6.07, 6.45) is 5.13. The molecule has 1 aromatic carbocycles. The maximum atomic E-state index is 13.5. The first-order valence-corrected chi connectivity index (χ1v) is 14.5. The lowest BCUT2D eigenvalue weighted by atomic mass is 9.43. The second kappa shape index (κ2) is 10.9. The second-order valence-corrected chi connectivity index (χ2v) is 13.1. The highest BCUT2D eigenvalue weighted by atomic mass is 16.7. The SMILES string of the molecule is CC(C)C[C@H](NC(=O)[C@@H](NC(=O)c1ccc(-c2cccnc2)cc1)[C@@H](C)O)B1O[C@@H]2C[C@@H]3C[C@@H](C3(C)C)[C@]2(C)O1. The number of carbonyl (C=O) groups excluding carboxylic acids is 2. The zero-order valence-corrected chi connectivity index (χ0v) is 24.4. The molecule has 4 aliphatic rings. The minimum absolute atomic E-state index is 0.00254. The fourth-order valence-electron chi connectivity index (χ4n) is 7.07. The molecule has 3 saturated carbocycles. The van der Waals surface area contributed by atoms with Crippen LogP contribution in [0.3, 0.4) is 0 Å². The van der Waals surface area contributed by atoms with Gasteiger partial charge in [-0.2, -0.15) is 0 Å². The van der Waals surface area contributed by atoms with Gasteiger partial charge in [-0.25, -0.2) is 0 Å². The van der Waals surface area contributed by atoms with Crippen molar-refractivity contribution in [3.63, 3.8) is 0 Å². The van der Waals surface area contributed by atoms with Gasteiger partial charge in [-0.3, -0.25) is 14.6 Å². The molecule has 214 valence electrons. The summed E-state index contributed by atoms with van der Waals surface area (Å²) in [7, 11) is -0.582. The number of hydrogen-bond donors (Lipinski definition) is 3. The van der Waals surface area contributed by atoms with Gasteiger partial charge in [-0.15, -0.1) is 0 Å². The van der Waals surface area contributed by atoms with Crippen LogP contribution < -0.4 is 10.6 Å². The van der Waals surface area contributed by atoms with Gasteiger partial charge < -0.3 is 25.0 Å². The van der Waals surface area contributed by atoms with Crippen LogP contribution in [0.15, 0.2) is 48.8 Å². The van der Waals surface area contributed by atoms with Crippen LogP contribution in [-0.4, -0.2) is 58.8 Å². The summed E-state index contributed by atoms with van der Waals surface area (Å²) < 4.78 is 13.1. The molecule has 4 fully saturated rings. The minimum atomic E-state index is -1.13. The van der Waals surface area contributed by atoms with E-state index in [0.29, 0.717) is 23.8 Å². The highest BCUT2D eigenvalue weighted by Crippen LogP contribution is 2.65. The lowest BCUT2D eigenvalue weighted by Crippen LogP contribution is -2.65. The fraction of sp³-hybridized carbons (Fsp3) is 0.581. The van der Waals surface area contributed by atoms with Crippen LogP contribution in [0.25, 0.3) is 11.1 Å². The number of carbonyl (C=O) groups is 2. The van der Waals surface area contributed by atoms with Gasteiger partial charge in [-0.1, -0.05) is 45.9 Å². The molecule has 2 aromatic rings. The van der Waals surface area contributed by atoms with Crippen molar-refractivity contribution in [1.29, 1.82) is 0 Å². The van der Waals surface area contributed by atoms with Gasteiger partial charge in [0.2, 0.25) is 5.91 Å². The monoisotopic (exact) mass is 547 g/mol. The Hall–Kier alpha value is -2.75. The van der Waals surface area contributed by atoms with Gasteiger partial charge in [0, 0.05) is 18.0 Å². The third-order valence-corrected chi connectivity index (χ3v) is 9.54. The van der Waals surface area contributed by atoms with E-state index in [9.17, 15) is 14.7 Å². The standard InChI is InChI=1S/C31H42BN3O5/c1-18(2)14-26(32-39-25-16-23-15-24(30(23,4)5)31(25,6)40-32)34-29(38)27(19(3)36)35-28(37)21-11-9-20(10-12-21)22-8-7-13-33-17-22/h7-13,17-19,23-27,36H,14-16H2,1-6H3,(H,34,38)(H,35,37)/t19-,23+,24+,25-,26+,27+,31+/m1/s1. The molecule has 1 saturated heterocycles. The van der Waals surface area contributed by atoms with Crippen LogP contribution in [0.5, 0.6) is 0 Å². The van der Waals surface area contributed by atoms with Crippen molar-refractivity contribution < 1.29 is 24.0 Å². The maximum absolute atomic E-state index is 13.5. The maximum Gasteiger partial charge on any atom is 0.481 e. The van der Waals surface area contributed by atoms with Crippen LogP contribution in [0.2, 0.25) is 0 Å². The highest BCUT2D eigenvalue weighted by Gasteiger charge is 2.68. The predicted molar refractivity (Wildman–Crippen MR) is 154 cm³/mol. The van der Waals surface area contributed by atoms with E-state index in [4.69, 9.17) is 9.31 Å². The molecule has 8 nitrogen and oxygen atoms in total. The molecule has 1 aliphatic heterocycles. The molecule has 1 aromatic heterocycles. The average molecular weight is 548 g/mol. The van der Waals surface area contributed by atoms with E-state index in [1.54, 1.807) is 24.5 Å². The number of aromatic nitrogens is 1. The van der Waals surface area contributed by atoms with Gasteiger partial charge in [-0.05, 0) is 85.6 Å². The molecule has 0 spiro atoms. The molecule has 2 heterocycles. The minimum Gasteiger partial charge on any atom is -0.404 e. The van der Waals surface area contributed by atoms with Crippen LogP contribution >= 0.6 is 0 Å². The summed E-state index contributed by atoms with van der Waals surface area (Å²) in [5.74, 6) is 0.0107. The van der Waals surface area contributed by atoms with Crippen molar-refractivity contribution in [3.05, 3.63) is 54.4 Å². The van der Waals surface area contributed by atoms with E-state index in [1.807, 2.05) is 24.3 Å². The number of benzene rings is 1. The molecule has 0 radical (unpaired) electrons. The van der Waals surface area contributed by atoms with E-state index in [1.165, 1.54) is 6.92 Å². The van der Waals surface area contributed by atoms with E-state index in [-0.39, 0.29) is 23.0 Å². The summed E-state index contributed by atoms with van der Waals surface area (Å²) in [5.41, 5.74) is 2.10. The van der Waals surface area contributed by atoms with Crippen LogP contribution in [0.1, 0.15) is 71.2 Å². The number of nitrogens with one attached hydrogen (secondary N) is 2. The number of rotatable bonds is 9. The molecule has 3 N–H and O–H groups in total. The Balaban J connectivity index is 1.27. The van der Waals surface area contributed by atoms with Gasteiger partial charge in [0.25, 0.3) is 5.91 Å². The lowest BCUT2D eigenvalue weighted by molar-refractivity contribution is -0.199. The Morgan fingerprint density at radius 3 is 2.40 bits per heavy atom. The molecule has 2 amide bonds. The number of pyridine rings is 1. The van der Waals surface area contributed by atoms with Gasteiger partial charge in [0.15, 0.2) is 0 Å². The van der Waals surface area contributed by atoms with Crippen molar-refractivity contribution in [2.45, 2.75) is 90.6 Å². The molecule has 0 unspecified atom stereocenters. The van der Waals surface area contributed by atoms with E-state index >= 15 is 0 Å². The third-order valence-electron chi connectivity index (χ3n) is 9.54. The first kappa shape index (κ1) is 28.8. The van der Waals surface area contributed by atoms with Crippen molar-refractivity contribution in [1.82, 2.24) is 15.6 Å². The summed E-state index contributed by atoms with van der Waals surface area (Å²) >= 11 is 0. The molecule has 7 atom stereocenters. The first-order valence-electron chi connectivity index (χ1n) is 14.5. The summed E-state index contributed by atoms with van der Waals surface area (Å²) in [5, 5.41) is 16.3. The van der Waals surface area contributed by atoms with Gasteiger partial charge in [0.1, 0.15) is 6.04 Å². The number of nitrogens with zero attached hydrogens (tertiary/aromatic N) is 1. The number of amides is 2. The Labute approximate surface area is 237 Å². The molecular formula is C31H42BN3O5. The lowest BCUT2D eigenvalue weighted by Gasteiger charge is -2.64. The normalized spacial score (nSPS) is 28.7. The van der Waals surface area contributed by atoms with Gasteiger partial charge >= 0.3 is 7.12 Å². The molecule has 40 heavy (non-hydrogen) atoms. The average Bonchev–Trinajstić information content (AvgIpc) is 3.28. The Morgan fingerprint density at radius 2 is 1.80 bits per heavy atom. The van der Waals surface area contributed by atoms with Crippen molar-refractivity contribution in [2.75, 3.05) is 0 Å². The molecule has 9 heteroatoms. The largest absolute Gasteiger partial charge is 0.481 e. The number of aliphatic hydroxyl groups is 1. The molecular weight excluding hydrogens is 505 g/mol. The topological polar surface area (TPSA) is 110 Å². The van der Waals surface area contributed by atoms with Crippen LogP contribution in [0, 0.1) is 23.2 Å². The van der Waals surface area contributed by atoms with Crippen molar-refractivity contribution in [3.8, 4) is 11.1 Å². The number of aliphatic hydroxyl groups excluding tert-OH is 1. The van der Waals surface area contributed by atoms with E-state index < -0.39 is 37.0 Å². The Bertz CT molecular complexity index is 1220. The Morgan fingerprint density at radius 1 is 1.07 bits per heavy atom. The summed E-state index contributed by atoms with van der Waals surface area (Å²) in [6, 6.07) is 9.74. The first-order chi connectivity index (χ1) is 18.9. The van der Waals surface area contributed by atoms with E-state index in [2.05, 4.69) is 50.2 Å². The van der Waals surface area contributed by atoms with Crippen molar-refractivity contribution in [2.24, 2.45) is 23.2 Å². The molecule has 2 bridgehead atoms. The quantitative estimate of drug-likeness (QED) is 0.409. The highest BCUT2D eigenvalue weighted by molar-refractivity contribution is 6.48. The van der Waals surface area contributed by atoms with Gasteiger partial charge in [0.05, 0.1) is 23.8 Å². The van der Waals surface area contributed by atoms with Crippen molar-refractivity contribution >= 4 is 18.9 Å². The molecule has 3 aliphatic carbocycles. The smallest absolute Gasteiger partial charge is 0.404 e. The summed E-state index contributed by atoms with van der Waals surface area (Å²) in [6.45, 7) is 12.5. The van der Waals surface area contributed by atoms with Crippen LogP contribution in [-0.2, 0) is 14.1 Å². The third kappa shape index (κ3) is 5.31. The second-order valence-electron chi connectivity index (χ2n) is 13.1. The predicted octanol–water partition coefficient (Wildman–Crippen LogP) is 4.03. The zero-order chi connectivity index (χ0) is 28.8. The fourth-order valence-corrected chi connectivity index (χ4v) is 7.07.